The fourth-order valence-electron chi connectivity index (χ4n) is 1.48. The van der Waals surface area contributed by atoms with Crippen molar-refractivity contribution in [2.24, 2.45) is 0 Å². The first-order valence-electron chi connectivity index (χ1n) is 5.25. The molecule has 0 spiro atoms. The Morgan fingerprint density at radius 1 is 1.44 bits per heavy atom. The third-order valence-corrected chi connectivity index (χ3v) is 4.99. The van der Waals surface area contributed by atoms with Gasteiger partial charge in [-0.25, -0.2) is 4.98 Å². The molecular weight excluding hydrogens is 304 g/mol. The standard InChI is InChI=1S/C11H11BrN2S2/c12-10-4-3-9(16-10)8-6-15-11(14-8)5-13-7-1-2-7/h3-4,6-7,13H,1-2,5H2. The maximum atomic E-state index is 4.64. The van der Waals surface area contributed by atoms with Gasteiger partial charge in [0.25, 0.3) is 0 Å². The van der Waals surface area contributed by atoms with Gasteiger partial charge in [0.2, 0.25) is 0 Å². The summed E-state index contributed by atoms with van der Waals surface area (Å²) in [6.07, 6.45) is 2.66. The molecule has 0 amide bonds. The molecule has 2 heterocycles. The van der Waals surface area contributed by atoms with E-state index < -0.39 is 0 Å². The maximum absolute atomic E-state index is 4.64. The molecule has 2 aromatic heterocycles. The van der Waals surface area contributed by atoms with Crippen LogP contribution in [-0.2, 0) is 6.54 Å². The van der Waals surface area contributed by atoms with Crippen LogP contribution in [0.25, 0.3) is 10.6 Å². The van der Waals surface area contributed by atoms with Crippen LogP contribution in [0.2, 0.25) is 0 Å². The van der Waals surface area contributed by atoms with Gasteiger partial charge >= 0.3 is 0 Å². The minimum Gasteiger partial charge on any atom is -0.308 e. The first-order chi connectivity index (χ1) is 7.81. The zero-order chi connectivity index (χ0) is 11.0. The lowest BCUT2D eigenvalue weighted by molar-refractivity contribution is 0.685. The molecule has 0 bridgehead atoms. The topological polar surface area (TPSA) is 24.9 Å². The summed E-state index contributed by atoms with van der Waals surface area (Å²) in [5.41, 5.74) is 1.10. The molecule has 84 valence electrons. The number of hydrogen-bond acceptors (Lipinski definition) is 4. The number of aromatic nitrogens is 1. The molecule has 0 unspecified atom stereocenters. The Balaban J connectivity index is 1.71. The van der Waals surface area contributed by atoms with Crippen LogP contribution >= 0.6 is 38.6 Å². The Morgan fingerprint density at radius 3 is 3.00 bits per heavy atom. The van der Waals surface area contributed by atoms with E-state index in [1.807, 2.05) is 0 Å². The van der Waals surface area contributed by atoms with Gasteiger partial charge < -0.3 is 5.32 Å². The number of rotatable bonds is 4. The molecule has 5 heteroatoms. The first kappa shape index (κ1) is 10.9. The van der Waals surface area contributed by atoms with Crippen LogP contribution in [0.1, 0.15) is 17.8 Å². The number of thiophene rings is 1. The summed E-state index contributed by atoms with van der Waals surface area (Å²) in [5.74, 6) is 0. The van der Waals surface area contributed by atoms with Crippen molar-refractivity contribution in [1.82, 2.24) is 10.3 Å². The summed E-state index contributed by atoms with van der Waals surface area (Å²) < 4.78 is 1.16. The zero-order valence-electron chi connectivity index (χ0n) is 8.57. The minimum atomic E-state index is 0.753. The lowest BCUT2D eigenvalue weighted by atomic mass is 10.4. The molecule has 1 aliphatic carbocycles. The van der Waals surface area contributed by atoms with Crippen molar-refractivity contribution in [1.29, 1.82) is 0 Å². The molecule has 0 aliphatic heterocycles. The molecule has 2 aromatic rings. The molecule has 1 N–H and O–H groups in total. The van der Waals surface area contributed by atoms with Crippen molar-refractivity contribution >= 4 is 38.6 Å². The molecule has 0 saturated heterocycles. The van der Waals surface area contributed by atoms with Crippen molar-refractivity contribution in [3.63, 3.8) is 0 Å². The van der Waals surface area contributed by atoms with Crippen molar-refractivity contribution in [3.8, 4) is 10.6 Å². The summed E-state index contributed by atoms with van der Waals surface area (Å²) in [4.78, 5) is 5.88. The lowest BCUT2D eigenvalue weighted by Crippen LogP contribution is -2.14. The Labute approximate surface area is 111 Å². The summed E-state index contributed by atoms with van der Waals surface area (Å²) in [5, 5.41) is 6.81. The maximum Gasteiger partial charge on any atom is 0.107 e. The van der Waals surface area contributed by atoms with Crippen molar-refractivity contribution < 1.29 is 0 Å². The molecule has 0 atom stereocenters. The predicted octanol–water partition coefficient (Wildman–Crippen LogP) is 3.89. The van der Waals surface area contributed by atoms with E-state index in [-0.39, 0.29) is 0 Å². The Kier molecular flexibility index (Phi) is 3.11. The average Bonchev–Trinajstić information content (AvgIpc) is 2.81. The van der Waals surface area contributed by atoms with Crippen LogP contribution in [0.3, 0.4) is 0 Å². The molecule has 16 heavy (non-hydrogen) atoms. The molecule has 3 rings (SSSR count). The molecule has 1 aliphatic rings. The largest absolute Gasteiger partial charge is 0.308 e. The number of nitrogens with one attached hydrogen (secondary N) is 1. The van der Waals surface area contributed by atoms with Gasteiger partial charge in [-0.15, -0.1) is 22.7 Å². The number of thiazole rings is 1. The van der Waals surface area contributed by atoms with Gasteiger partial charge in [-0.1, -0.05) is 0 Å². The summed E-state index contributed by atoms with van der Waals surface area (Å²) in [6.45, 7) is 0.919. The SMILES string of the molecule is Brc1ccc(-c2csc(CNC3CC3)n2)s1. The molecule has 2 nitrogen and oxygen atoms in total. The van der Waals surface area contributed by atoms with Gasteiger partial charge in [0.1, 0.15) is 5.01 Å². The average molecular weight is 315 g/mol. The van der Waals surface area contributed by atoms with E-state index in [1.54, 1.807) is 22.7 Å². The van der Waals surface area contributed by atoms with Crippen LogP contribution in [0, 0.1) is 0 Å². The highest BCUT2D eigenvalue weighted by molar-refractivity contribution is 9.11. The quantitative estimate of drug-likeness (QED) is 0.926. The van der Waals surface area contributed by atoms with Gasteiger partial charge in [-0.2, -0.15) is 0 Å². The Bertz CT molecular complexity index is 488. The van der Waals surface area contributed by atoms with E-state index >= 15 is 0 Å². The zero-order valence-corrected chi connectivity index (χ0v) is 11.8. The van der Waals surface area contributed by atoms with Gasteiger partial charge in [-0.05, 0) is 40.9 Å². The van der Waals surface area contributed by atoms with Gasteiger partial charge in [-0.3, -0.25) is 0 Å². The van der Waals surface area contributed by atoms with Gasteiger partial charge in [0, 0.05) is 18.0 Å². The second-order valence-electron chi connectivity index (χ2n) is 3.89. The fraction of sp³-hybridized carbons (Fsp3) is 0.364. The Hall–Kier alpha value is -0.230. The smallest absolute Gasteiger partial charge is 0.107 e. The van der Waals surface area contributed by atoms with Crippen LogP contribution in [0.15, 0.2) is 21.3 Å². The van der Waals surface area contributed by atoms with E-state index in [4.69, 9.17) is 0 Å². The predicted molar refractivity (Wildman–Crippen MR) is 73.0 cm³/mol. The second-order valence-corrected chi connectivity index (χ2v) is 7.29. The first-order valence-corrected chi connectivity index (χ1v) is 7.74. The summed E-state index contributed by atoms with van der Waals surface area (Å²) in [7, 11) is 0. The van der Waals surface area contributed by atoms with Crippen molar-refractivity contribution in [2.45, 2.75) is 25.4 Å². The third-order valence-electron chi connectivity index (χ3n) is 2.50. The van der Waals surface area contributed by atoms with Crippen LogP contribution < -0.4 is 5.32 Å². The lowest BCUT2D eigenvalue weighted by Gasteiger charge is -1.96. The van der Waals surface area contributed by atoms with E-state index in [1.165, 1.54) is 22.7 Å². The summed E-state index contributed by atoms with van der Waals surface area (Å²) >= 11 is 6.95. The highest BCUT2D eigenvalue weighted by atomic mass is 79.9. The van der Waals surface area contributed by atoms with Crippen LogP contribution in [0.4, 0.5) is 0 Å². The van der Waals surface area contributed by atoms with E-state index in [2.05, 4.69) is 43.7 Å². The summed E-state index contributed by atoms with van der Waals surface area (Å²) in [6, 6.07) is 4.94. The van der Waals surface area contributed by atoms with E-state index in [0.29, 0.717) is 0 Å². The van der Waals surface area contributed by atoms with Gasteiger partial charge in [0.05, 0.1) is 14.4 Å². The van der Waals surface area contributed by atoms with E-state index in [0.717, 1.165) is 22.1 Å². The molecule has 0 aromatic carbocycles. The van der Waals surface area contributed by atoms with Crippen molar-refractivity contribution in [3.05, 3.63) is 26.3 Å². The highest BCUT2D eigenvalue weighted by Crippen LogP contribution is 2.32. The number of halogens is 1. The Morgan fingerprint density at radius 2 is 2.31 bits per heavy atom. The third kappa shape index (κ3) is 2.53. The van der Waals surface area contributed by atoms with Gasteiger partial charge in [0.15, 0.2) is 0 Å². The fourth-order valence-corrected chi connectivity index (χ4v) is 3.64. The molecule has 1 fully saturated rings. The normalized spacial score (nSPS) is 15.6. The molecule has 1 saturated carbocycles. The van der Waals surface area contributed by atoms with Crippen molar-refractivity contribution in [2.75, 3.05) is 0 Å². The highest BCUT2D eigenvalue weighted by Gasteiger charge is 2.20. The van der Waals surface area contributed by atoms with E-state index in [9.17, 15) is 0 Å². The number of hydrogen-bond donors (Lipinski definition) is 1. The second kappa shape index (κ2) is 4.56. The van der Waals surface area contributed by atoms with Crippen LogP contribution in [-0.4, -0.2) is 11.0 Å². The molecule has 0 radical (unpaired) electrons. The number of nitrogens with zero attached hydrogens (tertiary/aromatic N) is 1. The monoisotopic (exact) mass is 314 g/mol. The minimum absolute atomic E-state index is 0.753. The van der Waals surface area contributed by atoms with Crippen LogP contribution in [0.5, 0.6) is 0 Å². The molecular formula is C11H11BrN2S2.